The number of anilines is 1. The fourth-order valence-electron chi connectivity index (χ4n) is 3.91. The molecular weight excluding hydrogens is 494 g/mol. The van der Waals surface area contributed by atoms with Gasteiger partial charge in [-0.2, -0.15) is 4.98 Å². The van der Waals surface area contributed by atoms with Crippen molar-refractivity contribution in [3.8, 4) is 5.75 Å². The van der Waals surface area contributed by atoms with Crippen LogP contribution in [-0.2, 0) is 16.0 Å². The largest absolute Gasteiger partial charge is 0.484 e. The Balaban J connectivity index is 1.41. The molecule has 0 radical (unpaired) electrons. The van der Waals surface area contributed by atoms with Crippen molar-refractivity contribution in [1.29, 1.82) is 0 Å². The van der Waals surface area contributed by atoms with E-state index in [-0.39, 0.29) is 24.6 Å². The molecule has 0 aliphatic carbocycles. The van der Waals surface area contributed by atoms with Crippen molar-refractivity contribution in [2.45, 2.75) is 36.1 Å². The van der Waals surface area contributed by atoms with Crippen LogP contribution < -0.4 is 10.1 Å². The number of thioether (sulfide) groups is 1. The Bertz CT molecular complexity index is 1390. The Morgan fingerprint density at radius 1 is 1.19 bits per heavy atom. The maximum atomic E-state index is 12.6. The Morgan fingerprint density at radius 3 is 2.68 bits per heavy atom. The molecule has 1 saturated heterocycles. The van der Waals surface area contributed by atoms with Crippen molar-refractivity contribution in [1.82, 2.24) is 19.5 Å². The molecule has 1 aliphatic heterocycles. The zero-order valence-electron chi connectivity index (χ0n) is 20.9. The van der Waals surface area contributed by atoms with Crippen LogP contribution in [0.2, 0.25) is 0 Å². The molecule has 3 heterocycles. The molecular formula is C26H27N5O5S. The Labute approximate surface area is 219 Å². The molecule has 2 aromatic carbocycles. The molecule has 3 N–H and O–H groups in total. The lowest BCUT2D eigenvalue weighted by Crippen LogP contribution is -2.24. The van der Waals surface area contributed by atoms with Gasteiger partial charge >= 0.3 is 0 Å². The first-order valence-corrected chi connectivity index (χ1v) is 12.8. The van der Waals surface area contributed by atoms with Crippen molar-refractivity contribution >= 4 is 34.8 Å². The average Bonchev–Trinajstić information content (AvgIpc) is 3.49. The summed E-state index contributed by atoms with van der Waals surface area (Å²) in [5.74, 6) is 0.850. The van der Waals surface area contributed by atoms with E-state index in [1.807, 2.05) is 48.5 Å². The molecule has 10 nitrogen and oxygen atoms in total. The fraction of sp³-hybridized carbons (Fsp3) is 0.308. The lowest BCUT2D eigenvalue weighted by molar-refractivity contribution is -0.118. The number of aryl methyl sites for hydroxylation is 1. The summed E-state index contributed by atoms with van der Waals surface area (Å²) >= 11 is 1.66. The van der Waals surface area contributed by atoms with Crippen LogP contribution in [0.3, 0.4) is 0 Å². The number of carbonyl (C=O) groups excluding carboxylic acids is 1. The summed E-state index contributed by atoms with van der Waals surface area (Å²) in [7, 11) is 0. The van der Waals surface area contributed by atoms with Gasteiger partial charge in [-0.25, -0.2) is 9.97 Å². The summed E-state index contributed by atoms with van der Waals surface area (Å²) < 4.78 is 21.4. The molecule has 4 aromatic rings. The van der Waals surface area contributed by atoms with E-state index in [1.165, 1.54) is 10.9 Å². The number of amides is 1. The lowest BCUT2D eigenvalue weighted by atomic mass is 10.2. The summed E-state index contributed by atoms with van der Waals surface area (Å²) in [5.41, 5.74) is 1.34. The number of nitrogens with one attached hydrogen (secondary N) is 1. The minimum Gasteiger partial charge on any atom is -0.484 e. The quantitative estimate of drug-likeness (QED) is 0.269. The van der Waals surface area contributed by atoms with Gasteiger partial charge in [-0.15, -0.1) is 11.8 Å². The van der Waals surface area contributed by atoms with E-state index < -0.39 is 30.9 Å². The Kier molecular flexibility index (Phi) is 7.54. The molecule has 11 heteroatoms. The number of ether oxygens (including phenoxy) is 2. The number of para-hydroxylation sites is 1. The number of imidazole rings is 1. The number of hydrogen-bond acceptors (Lipinski definition) is 9. The highest BCUT2D eigenvalue weighted by Crippen LogP contribution is 2.32. The highest BCUT2D eigenvalue weighted by Gasteiger charge is 2.35. The molecule has 1 unspecified atom stereocenters. The first kappa shape index (κ1) is 23.9. The van der Waals surface area contributed by atoms with E-state index in [0.29, 0.717) is 29.1 Å². The van der Waals surface area contributed by atoms with Gasteiger partial charge in [-0.05, 0) is 24.3 Å². The Morgan fingerprint density at radius 2 is 1.95 bits per heavy atom. The number of rotatable bonds is 10. The third kappa shape index (κ3) is 6.08. The van der Waals surface area contributed by atoms with Crippen LogP contribution in [-0.4, -0.2) is 66.8 Å². The van der Waals surface area contributed by atoms with E-state index >= 15 is 0 Å². The van der Waals surface area contributed by atoms with Gasteiger partial charge in [0.1, 0.15) is 23.6 Å². The van der Waals surface area contributed by atoms with Gasteiger partial charge in [0.25, 0.3) is 5.91 Å². The van der Waals surface area contributed by atoms with E-state index in [4.69, 9.17) is 10.8 Å². The van der Waals surface area contributed by atoms with Gasteiger partial charge in [0.05, 0.1) is 26.1 Å². The highest BCUT2D eigenvalue weighted by molar-refractivity contribution is 7.99. The summed E-state index contributed by atoms with van der Waals surface area (Å²) in [6.07, 6.45) is -1.80. The minimum absolute atomic E-state index is 0.0430. The van der Waals surface area contributed by atoms with Crippen LogP contribution in [0.4, 0.5) is 5.95 Å². The Hall–Kier alpha value is -3.51. The van der Waals surface area contributed by atoms with Crippen molar-refractivity contribution in [2.24, 2.45) is 0 Å². The van der Waals surface area contributed by atoms with Crippen LogP contribution in [0, 0.1) is 0 Å². The minimum atomic E-state index is -1.73. The van der Waals surface area contributed by atoms with Gasteiger partial charge in [0.2, 0.25) is 5.95 Å². The van der Waals surface area contributed by atoms with Gasteiger partial charge in [-0.1, -0.05) is 36.4 Å². The van der Waals surface area contributed by atoms with Crippen LogP contribution in [0.25, 0.3) is 11.2 Å². The van der Waals surface area contributed by atoms with Crippen LogP contribution in [0.1, 0.15) is 19.7 Å². The standard InChI is InChI=1S/C26H27N5O5S/c32-14-21-20(33)13-23(36-21)31-16-27-24-19(11-12-37-18-9-5-2-6-10-18)28-26(30-25(24)31)29-22(34)15-35-17-7-3-1-4-8-17/h1-10,16,20-21,23,32-33H,11-15H2,(H,28,29,30,34)/t20-,21+,23?/m0/s1/i23D. The SMILES string of the molecule is [2H]C1(n2cnc3c(CCSc4ccccc4)nc(NC(=O)COc4ccccc4)nc32)C[C@H](O)[C@@H](CO)O1. The van der Waals surface area contributed by atoms with Crippen LogP contribution in [0.15, 0.2) is 71.9 Å². The van der Waals surface area contributed by atoms with E-state index in [9.17, 15) is 15.0 Å². The number of nitrogens with zero attached hydrogens (tertiary/aromatic N) is 4. The first-order valence-electron chi connectivity index (χ1n) is 12.3. The second-order valence-electron chi connectivity index (χ2n) is 8.35. The number of hydrogen-bond donors (Lipinski definition) is 3. The molecule has 1 fully saturated rings. The number of aromatic nitrogens is 4. The number of benzene rings is 2. The van der Waals surface area contributed by atoms with Crippen LogP contribution >= 0.6 is 11.8 Å². The van der Waals surface area contributed by atoms with E-state index in [1.54, 1.807) is 23.9 Å². The monoisotopic (exact) mass is 522 g/mol. The second kappa shape index (κ2) is 11.7. The zero-order chi connectivity index (χ0) is 26.5. The maximum Gasteiger partial charge on any atom is 0.264 e. The molecule has 3 atom stereocenters. The molecule has 0 saturated carbocycles. The third-order valence-electron chi connectivity index (χ3n) is 5.73. The zero-order valence-corrected chi connectivity index (χ0v) is 20.7. The number of aliphatic hydroxyl groups is 2. The van der Waals surface area contributed by atoms with Gasteiger partial charge in [-0.3, -0.25) is 14.7 Å². The van der Waals surface area contributed by atoms with Crippen LogP contribution in [0.5, 0.6) is 5.75 Å². The van der Waals surface area contributed by atoms with Crippen molar-refractivity contribution < 1.29 is 25.9 Å². The predicted molar refractivity (Wildman–Crippen MR) is 138 cm³/mol. The van der Waals surface area contributed by atoms with E-state index in [0.717, 1.165) is 4.90 Å². The molecule has 0 bridgehead atoms. The fourth-order valence-corrected chi connectivity index (χ4v) is 4.79. The number of aliphatic hydroxyl groups excluding tert-OH is 2. The first-order chi connectivity index (χ1) is 18.4. The van der Waals surface area contributed by atoms with Gasteiger partial charge in [0.15, 0.2) is 12.3 Å². The summed E-state index contributed by atoms with van der Waals surface area (Å²) in [6.45, 7) is -0.659. The molecule has 2 aromatic heterocycles. The average molecular weight is 523 g/mol. The van der Waals surface area contributed by atoms with Gasteiger partial charge < -0.3 is 19.7 Å². The van der Waals surface area contributed by atoms with Gasteiger partial charge in [0, 0.05) is 23.5 Å². The number of fused-ring (bicyclic) bond motifs is 1. The summed E-state index contributed by atoms with van der Waals surface area (Å²) in [4.78, 5) is 27.2. The summed E-state index contributed by atoms with van der Waals surface area (Å²) in [5, 5.41) is 22.4. The molecule has 192 valence electrons. The second-order valence-corrected chi connectivity index (χ2v) is 9.51. The normalized spacial score (nSPS) is 21.6. The molecule has 5 rings (SSSR count). The topological polar surface area (TPSA) is 132 Å². The van der Waals surface area contributed by atoms with Crippen molar-refractivity contribution in [3.05, 3.63) is 72.7 Å². The van der Waals surface area contributed by atoms with Crippen molar-refractivity contribution in [3.63, 3.8) is 0 Å². The molecule has 37 heavy (non-hydrogen) atoms. The predicted octanol–water partition coefficient (Wildman–Crippen LogP) is 2.82. The summed E-state index contributed by atoms with van der Waals surface area (Å²) in [6, 6.07) is 18.9. The maximum absolute atomic E-state index is 12.6. The highest BCUT2D eigenvalue weighted by atomic mass is 32.2. The van der Waals surface area contributed by atoms with Crippen molar-refractivity contribution in [2.75, 3.05) is 24.3 Å². The smallest absolute Gasteiger partial charge is 0.264 e. The lowest BCUT2D eigenvalue weighted by Gasteiger charge is -2.14. The molecule has 1 aliphatic rings. The molecule has 1 amide bonds. The molecule has 0 spiro atoms. The number of carbonyl (C=O) groups is 1. The van der Waals surface area contributed by atoms with E-state index in [2.05, 4.69) is 20.3 Å². The third-order valence-corrected chi connectivity index (χ3v) is 6.75.